The van der Waals surface area contributed by atoms with Gasteiger partial charge < -0.3 is 0 Å². The van der Waals surface area contributed by atoms with Crippen molar-refractivity contribution in [1.82, 2.24) is 20.1 Å². The fourth-order valence-electron chi connectivity index (χ4n) is 4.06. The highest BCUT2D eigenvalue weighted by Crippen LogP contribution is 2.31. The molecule has 30 heavy (non-hydrogen) atoms. The Bertz CT molecular complexity index is 929. The summed E-state index contributed by atoms with van der Waals surface area (Å²) in [5.41, 5.74) is 5.92. The molecule has 2 aromatic rings. The molecule has 0 spiro atoms. The van der Waals surface area contributed by atoms with Gasteiger partial charge in [0.2, 0.25) is 0 Å². The van der Waals surface area contributed by atoms with Gasteiger partial charge in [-0.15, -0.1) is 6.42 Å². The summed E-state index contributed by atoms with van der Waals surface area (Å²) >= 11 is 1.55. The van der Waals surface area contributed by atoms with Gasteiger partial charge in [0.05, 0.1) is 6.54 Å². The van der Waals surface area contributed by atoms with Crippen LogP contribution in [-0.4, -0.2) is 53.0 Å². The maximum atomic E-state index is 12.1. The van der Waals surface area contributed by atoms with E-state index >= 15 is 0 Å². The van der Waals surface area contributed by atoms with Gasteiger partial charge in [0.1, 0.15) is 0 Å². The molecule has 3 rings (SSSR count). The minimum atomic E-state index is -0.658. The first-order valence-corrected chi connectivity index (χ1v) is 11.3. The van der Waals surface area contributed by atoms with Gasteiger partial charge >= 0.3 is 5.91 Å². The summed E-state index contributed by atoms with van der Waals surface area (Å²) in [6, 6.07) is 15.7. The summed E-state index contributed by atoms with van der Waals surface area (Å²) in [5, 5.41) is 2.58. The highest BCUT2D eigenvalue weighted by Gasteiger charge is 2.28. The first-order valence-electron chi connectivity index (χ1n) is 10.1. The monoisotopic (exact) mass is 424 g/mol. The number of nitrogens with one attached hydrogen (secondary N) is 2. The predicted octanol–water partition coefficient (Wildman–Crippen LogP) is 2.73. The molecular formula is C23H28N4O2S. The van der Waals surface area contributed by atoms with Crippen LogP contribution in [0.3, 0.4) is 0 Å². The van der Waals surface area contributed by atoms with Gasteiger partial charge in [0.15, 0.2) is 0 Å². The van der Waals surface area contributed by atoms with Crippen LogP contribution >= 0.6 is 11.9 Å². The summed E-state index contributed by atoms with van der Waals surface area (Å²) < 4.78 is 2.08. The molecule has 1 fully saturated rings. The summed E-state index contributed by atoms with van der Waals surface area (Å²) in [7, 11) is 0. The molecular weight excluding hydrogens is 396 g/mol. The van der Waals surface area contributed by atoms with Crippen LogP contribution in [0.25, 0.3) is 10.8 Å². The molecule has 0 radical (unpaired) electrons. The summed E-state index contributed by atoms with van der Waals surface area (Å²) in [6.07, 6.45) is 8.92. The van der Waals surface area contributed by atoms with Crippen LogP contribution in [0.2, 0.25) is 0 Å². The largest absolute Gasteiger partial charge is 0.314 e. The number of rotatable bonds is 6. The van der Waals surface area contributed by atoms with Crippen LogP contribution in [0.5, 0.6) is 0 Å². The van der Waals surface area contributed by atoms with Gasteiger partial charge in [-0.05, 0) is 48.3 Å². The molecule has 0 bridgehead atoms. The second-order valence-electron chi connectivity index (χ2n) is 7.42. The minimum Gasteiger partial charge on any atom is -0.296 e. The van der Waals surface area contributed by atoms with Crippen LogP contribution in [-0.2, 0) is 9.59 Å². The van der Waals surface area contributed by atoms with Crippen molar-refractivity contribution in [3.8, 4) is 12.3 Å². The Morgan fingerprint density at radius 1 is 1.20 bits per heavy atom. The number of nitrogens with zero attached hydrogens (tertiary/aromatic N) is 2. The lowest BCUT2D eigenvalue weighted by molar-refractivity contribution is -0.126. The Kier molecular flexibility index (Phi) is 7.75. The lowest BCUT2D eigenvalue weighted by Crippen LogP contribution is -2.49. The molecule has 0 saturated carbocycles. The molecule has 2 aromatic carbocycles. The smallest absolute Gasteiger partial charge is 0.296 e. The van der Waals surface area contributed by atoms with E-state index in [2.05, 4.69) is 69.4 Å². The Hall–Kier alpha value is -2.53. The van der Waals surface area contributed by atoms with Crippen molar-refractivity contribution in [2.24, 2.45) is 0 Å². The Labute approximate surface area is 182 Å². The van der Waals surface area contributed by atoms with Gasteiger partial charge in [-0.3, -0.25) is 25.3 Å². The molecule has 7 heteroatoms. The van der Waals surface area contributed by atoms with Gasteiger partial charge in [0, 0.05) is 25.2 Å². The van der Waals surface area contributed by atoms with Crippen molar-refractivity contribution in [2.75, 3.05) is 25.9 Å². The van der Waals surface area contributed by atoms with Crippen LogP contribution < -0.4 is 10.9 Å². The number of carbonyl (C=O) groups is 2. The number of terminal acetylenes is 1. The van der Waals surface area contributed by atoms with E-state index in [4.69, 9.17) is 6.42 Å². The summed E-state index contributed by atoms with van der Waals surface area (Å²) in [4.78, 5) is 25.7. The fraction of sp³-hybridized carbons (Fsp3) is 0.391. The van der Waals surface area contributed by atoms with Crippen molar-refractivity contribution in [1.29, 1.82) is 0 Å². The molecule has 1 atom stereocenters. The third kappa shape index (κ3) is 5.33. The lowest BCUT2D eigenvalue weighted by atomic mass is 9.96. The third-order valence-corrected chi connectivity index (χ3v) is 6.60. The van der Waals surface area contributed by atoms with Gasteiger partial charge in [-0.2, -0.15) is 0 Å². The molecule has 0 aromatic heterocycles. The fourth-order valence-corrected chi connectivity index (χ4v) is 4.81. The van der Waals surface area contributed by atoms with E-state index < -0.39 is 5.91 Å². The lowest BCUT2D eigenvalue weighted by Gasteiger charge is -2.40. The first-order chi connectivity index (χ1) is 14.5. The highest BCUT2D eigenvalue weighted by molar-refractivity contribution is 7.96. The summed E-state index contributed by atoms with van der Waals surface area (Å²) in [5.74, 6) is 0.966. The van der Waals surface area contributed by atoms with Crippen molar-refractivity contribution in [3.05, 3.63) is 48.0 Å². The molecule has 0 aliphatic carbocycles. The SMILES string of the molecule is C#CC(=O)NNC(=O)CN(SC)C1CCN(C(C)c2cccc3ccccc23)CC1. The van der Waals surface area contributed by atoms with Gasteiger partial charge in [-0.25, -0.2) is 4.31 Å². The van der Waals surface area contributed by atoms with E-state index in [1.165, 1.54) is 16.3 Å². The molecule has 1 heterocycles. The van der Waals surface area contributed by atoms with Crippen LogP contribution in [0.4, 0.5) is 0 Å². The molecule has 1 saturated heterocycles. The average Bonchev–Trinajstić information content (AvgIpc) is 2.80. The molecule has 6 nitrogen and oxygen atoms in total. The normalized spacial score (nSPS) is 16.2. The van der Waals surface area contributed by atoms with E-state index in [9.17, 15) is 9.59 Å². The number of piperidine rings is 1. The molecule has 2 amide bonds. The molecule has 1 aliphatic rings. The number of hydrogen-bond acceptors (Lipinski definition) is 5. The molecule has 1 aliphatic heterocycles. The van der Waals surface area contributed by atoms with Crippen molar-refractivity contribution in [3.63, 3.8) is 0 Å². The number of likely N-dealkylation sites (tertiary alicyclic amines) is 1. The number of benzene rings is 2. The number of fused-ring (bicyclic) bond motifs is 1. The molecule has 2 N–H and O–H groups in total. The molecule has 1 unspecified atom stereocenters. The quantitative estimate of drug-likeness (QED) is 0.424. The van der Waals surface area contributed by atoms with E-state index in [1.54, 1.807) is 11.9 Å². The number of hydrazine groups is 1. The first kappa shape index (κ1) is 22.2. The Balaban J connectivity index is 1.57. The van der Waals surface area contributed by atoms with E-state index in [0.29, 0.717) is 12.1 Å². The standard InChI is InChI=1S/C23H28N4O2S/c1-4-22(28)24-25-23(29)16-27(30-3)19-12-14-26(15-13-19)17(2)20-11-7-9-18-8-5-6-10-21(18)20/h1,5-11,17,19H,12-16H2,2-3H3,(H,24,28)(H,25,29). The van der Waals surface area contributed by atoms with Crippen LogP contribution in [0.15, 0.2) is 42.5 Å². The summed E-state index contributed by atoms with van der Waals surface area (Å²) in [6.45, 7) is 4.43. The van der Waals surface area contributed by atoms with Gasteiger partial charge in [-0.1, -0.05) is 54.4 Å². The van der Waals surface area contributed by atoms with Gasteiger partial charge in [0.25, 0.3) is 5.91 Å². The van der Waals surface area contributed by atoms with Crippen LogP contribution in [0, 0.1) is 12.3 Å². The second kappa shape index (κ2) is 10.5. The second-order valence-corrected chi connectivity index (χ2v) is 8.25. The zero-order valence-corrected chi connectivity index (χ0v) is 18.2. The van der Waals surface area contributed by atoms with E-state index in [1.807, 2.05) is 12.2 Å². The Morgan fingerprint density at radius 2 is 1.90 bits per heavy atom. The number of carbonyl (C=O) groups excluding carboxylic acids is 2. The Morgan fingerprint density at radius 3 is 2.60 bits per heavy atom. The van der Waals surface area contributed by atoms with Crippen molar-refractivity contribution < 1.29 is 9.59 Å². The maximum absolute atomic E-state index is 12.1. The minimum absolute atomic E-state index is 0.204. The third-order valence-electron chi connectivity index (χ3n) is 5.71. The zero-order chi connectivity index (χ0) is 21.5. The maximum Gasteiger partial charge on any atom is 0.314 e. The van der Waals surface area contributed by atoms with E-state index in [-0.39, 0.29) is 12.5 Å². The average molecular weight is 425 g/mol. The van der Waals surface area contributed by atoms with E-state index in [0.717, 1.165) is 25.9 Å². The topological polar surface area (TPSA) is 64.7 Å². The number of hydrogen-bond donors (Lipinski definition) is 2. The predicted molar refractivity (Wildman–Crippen MR) is 122 cm³/mol. The van der Waals surface area contributed by atoms with Crippen molar-refractivity contribution in [2.45, 2.75) is 31.8 Å². The van der Waals surface area contributed by atoms with Crippen molar-refractivity contribution >= 4 is 34.5 Å². The van der Waals surface area contributed by atoms with Crippen LogP contribution in [0.1, 0.15) is 31.4 Å². The molecule has 158 valence electrons. The number of amides is 2. The highest BCUT2D eigenvalue weighted by atomic mass is 32.2. The zero-order valence-electron chi connectivity index (χ0n) is 17.4.